The van der Waals surface area contributed by atoms with Crippen molar-refractivity contribution in [3.05, 3.63) is 47.7 Å². The molecule has 2 unspecified atom stereocenters. The second-order valence-corrected chi connectivity index (χ2v) is 5.34. The number of aliphatic hydroxyl groups is 1. The van der Waals surface area contributed by atoms with Gasteiger partial charge in [0, 0.05) is 6.07 Å². The van der Waals surface area contributed by atoms with Crippen LogP contribution in [0.5, 0.6) is 0 Å². The summed E-state index contributed by atoms with van der Waals surface area (Å²) in [5.74, 6) is 0.619. The van der Waals surface area contributed by atoms with Crippen LogP contribution >= 0.6 is 0 Å². The number of aromatic nitrogens is 2. The van der Waals surface area contributed by atoms with E-state index in [0.717, 1.165) is 25.0 Å². The Hall–Kier alpha value is -1.81. The van der Waals surface area contributed by atoms with Crippen molar-refractivity contribution in [1.82, 2.24) is 9.78 Å². The lowest BCUT2D eigenvalue weighted by molar-refractivity contribution is 0.117. The molecular formula is C16H23N3O. The summed E-state index contributed by atoms with van der Waals surface area (Å²) in [4.78, 5) is 0. The van der Waals surface area contributed by atoms with Crippen LogP contribution in [0.15, 0.2) is 36.4 Å². The molecule has 0 aliphatic heterocycles. The van der Waals surface area contributed by atoms with Crippen LogP contribution in [0, 0.1) is 6.92 Å². The van der Waals surface area contributed by atoms with E-state index in [1.807, 2.05) is 19.1 Å². The minimum Gasteiger partial charge on any atom is -0.391 e. The molecule has 0 spiro atoms. The zero-order chi connectivity index (χ0) is 14.5. The van der Waals surface area contributed by atoms with E-state index < -0.39 is 6.10 Å². The Labute approximate surface area is 120 Å². The minimum atomic E-state index is -0.465. The molecular weight excluding hydrogens is 250 g/mol. The van der Waals surface area contributed by atoms with E-state index in [1.165, 1.54) is 5.56 Å². The van der Waals surface area contributed by atoms with Gasteiger partial charge < -0.3 is 10.8 Å². The Morgan fingerprint density at radius 2 is 2.00 bits per heavy atom. The highest BCUT2D eigenvalue weighted by Gasteiger charge is 2.20. The molecule has 0 amide bonds. The first kappa shape index (κ1) is 14.6. The van der Waals surface area contributed by atoms with Crippen molar-refractivity contribution in [1.29, 1.82) is 0 Å². The van der Waals surface area contributed by atoms with Crippen molar-refractivity contribution in [3.8, 4) is 0 Å². The van der Waals surface area contributed by atoms with Crippen molar-refractivity contribution in [2.24, 2.45) is 0 Å². The minimum absolute atomic E-state index is 0.0626. The Morgan fingerprint density at radius 3 is 2.55 bits per heavy atom. The van der Waals surface area contributed by atoms with Crippen LogP contribution in [0.3, 0.4) is 0 Å². The van der Waals surface area contributed by atoms with Gasteiger partial charge in [0.2, 0.25) is 0 Å². The van der Waals surface area contributed by atoms with Gasteiger partial charge in [-0.3, -0.25) is 0 Å². The molecule has 0 bridgehead atoms. The second-order valence-electron chi connectivity index (χ2n) is 5.34. The lowest BCUT2D eigenvalue weighted by atomic mass is 10.0. The van der Waals surface area contributed by atoms with Gasteiger partial charge in [-0.25, -0.2) is 4.68 Å². The smallest absolute Gasteiger partial charge is 0.122 e. The molecule has 4 heteroatoms. The molecule has 20 heavy (non-hydrogen) atoms. The van der Waals surface area contributed by atoms with Crippen LogP contribution in [0.4, 0.5) is 5.82 Å². The third-order valence-electron chi connectivity index (χ3n) is 3.57. The average molecular weight is 273 g/mol. The van der Waals surface area contributed by atoms with Crippen molar-refractivity contribution in [2.75, 3.05) is 5.73 Å². The molecule has 0 radical (unpaired) electrons. The van der Waals surface area contributed by atoms with Crippen LogP contribution in [0.1, 0.15) is 37.1 Å². The van der Waals surface area contributed by atoms with E-state index in [4.69, 9.17) is 5.73 Å². The van der Waals surface area contributed by atoms with Crippen LogP contribution < -0.4 is 5.73 Å². The normalized spacial score (nSPS) is 14.2. The average Bonchev–Trinajstić information content (AvgIpc) is 2.74. The lowest BCUT2D eigenvalue weighted by Gasteiger charge is -2.21. The molecule has 0 fully saturated rings. The van der Waals surface area contributed by atoms with Crippen molar-refractivity contribution < 1.29 is 5.11 Å². The Kier molecular flexibility index (Phi) is 4.79. The van der Waals surface area contributed by atoms with E-state index >= 15 is 0 Å². The number of nitrogens with zero attached hydrogens (tertiary/aromatic N) is 2. The van der Waals surface area contributed by atoms with Gasteiger partial charge in [0.1, 0.15) is 5.82 Å². The Bertz CT molecular complexity index is 534. The summed E-state index contributed by atoms with van der Waals surface area (Å²) >= 11 is 0. The summed E-state index contributed by atoms with van der Waals surface area (Å²) in [5.41, 5.74) is 8.16. The number of hydrogen-bond donors (Lipinski definition) is 2. The van der Waals surface area contributed by atoms with E-state index in [-0.39, 0.29) is 6.04 Å². The molecule has 1 aromatic carbocycles. The highest BCUT2D eigenvalue weighted by Crippen LogP contribution is 2.23. The summed E-state index contributed by atoms with van der Waals surface area (Å²) in [6.45, 7) is 3.71. The summed E-state index contributed by atoms with van der Waals surface area (Å²) in [7, 11) is 0. The lowest BCUT2D eigenvalue weighted by Crippen LogP contribution is -2.24. The summed E-state index contributed by atoms with van der Waals surface area (Å²) in [6, 6.07) is 12.2. The third-order valence-corrected chi connectivity index (χ3v) is 3.57. The standard InChI is InChI=1S/C16H23N3O/c1-12-11-16(17)19(18-12)15(13(2)20)10-6-9-14-7-4-3-5-8-14/h3-5,7-8,11,13,15,20H,6,9-10,17H2,1-2H3. The number of aryl methyl sites for hydroxylation is 2. The highest BCUT2D eigenvalue weighted by molar-refractivity contribution is 5.31. The number of nitrogen functional groups attached to an aromatic ring is 1. The predicted molar refractivity (Wildman–Crippen MR) is 81.5 cm³/mol. The van der Waals surface area contributed by atoms with Crippen LogP contribution in [0.25, 0.3) is 0 Å². The van der Waals surface area contributed by atoms with E-state index in [9.17, 15) is 5.11 Å². The maximum atomic E-state index is 9.98. The fourth-order valence-electron chi connectivity index (χ4n) is 2.53. The number of nitrogens with two attached hydrogens (primary N) is 1. The van der Waals surface area contributed by atoms with E-state index in [1.54, 1.807) is 11.6 Å². The molecule has 4 nitrogen and oxygen atoms in total. The molecule has 2 atom stereocenters. The number of hydrogen-bond acceptors (Lipinski definition) is 3. The third kappa shape index (κ3) is 3.61. The molecule has 0 saturated heterocycles. The maximum Gasteiger partial charge on any atom is 0.122 e. The largest absolute Gasteiger partial charge is 0.391 e. The second kappa shape index (κ2) is 6.57. The first-order chi connectivity index (χ1) is 9.58. The van der Waals surface area contributed by atoms with Crippen LogP contribution in [-0.4, -0.2) is 21.0 Å². The fourth-order valence-corrected chi connectivity index (χ4v) is 2.53. The molecule has 2 aromatic rings. The summed E-state index contributed by atoms with van der Waals surface area (Å²) in [5, 5.41) is 14.4. The molecule has 108 valence electrons. The molecule has 3 N–H and O–H groups in total. The molecule has 1 heterocycles. The number of anilines is 1. The first-order valence-corrected chi connectivity index (χ1v) is 7.11. The number of benzene rings is 1. The SMILES string of the molecule is Cc1cc(N)n(C(CCCc2ccccc2)C(C)O)n1. The first-order valence-electron chi connectivity index (χ1n) is 7.11. The van der Waals surface area contributed by atoms with Gasteiger partial charge in [-0.05, 0) is 38.7 Å². The summed E-state index contributed by atoms with van der Waals surface area (Å²) < 4.78 is 1.75. The Morgan fingerprint density at radius 1 is 1.30 bits per heavy atom. The molecule has 2 rings (SSSR count). The van der Waals surface area contributed by atoms with Gasteiger partial charge in [-0.1, -0.05) is 30.3 Å². The van der Waals surface area contributed by atoms with Crippen molar-refractivity contribution >= 4 is 5.82 Å². The van der Waals surface area contributed by atoms with E-state index in [0.29, 0.717) is 5.82 Å². The monoisotopic (exact) mass is 273 g/mol. The van der Waals surface area contributed by atoms with Gasteiger partial charge in [-0.2, -0.15) is 5.10 Å². The molecule has 0 aliphatic carbocycles. The number of rotatable bonds is 6. The van der Waals surface area contributed by atoms with Gasteiger partial charge >= 0.3 is 0 Å². The number of aliphatic hydroxyl groups excluding tert-OH is 1. The van der Waals surface area contributed by atoms with Crippen LogP contribution in [0.2, 0.25) is 0 Å². The van der Waals surface area contributed by atoms with Gasteiger partial charge in [-0.15, -0.1) is 0 Å². The Balaban J connectivity index is 1.98. The van der Waals surface area contributed by atoms with E-state index in [2.05, 4.69) is 29.4 Å². The molecule has 1 aromatic heterocycles. The van der Waals surface area contributed by atoms with Gasteiger partial charge in [0.25, 0.3) is 0 Å². The van der Waals surface area contributed by atoms with Crippen LogP contribution in [-0.2, 0) is 6.42 Å². The highest BCUT2D eigenvalue weighted by atomic mass is 16.3. The molecule has 0 aliphatic rings. The van der Waals surface area contributed by atoms with Crippen molar-refractivity contribution in [3.63, 3.8) is 0 Å². The van der Waals surface area contributed by atoms with Gasteiger partial charge in [0.15, 0.2) is 0 Å². The van der Waals surface area contributed by atoms with Crippen molar-refractivity contribution in [2.45, 2.75) is 45.3 Å². The zero-order valence-electron chi connectivity index (χ0n) is 12.2. The fraction of sp³-hybridized carbons (Fsp3) is 0.438. The zero-order valence-corrected chi connectivity index (χ0v) is 12.2. The summed E-state index contributed by atoms with van der Waals surface area (Å²) in [6.07, 6.45) is 2.40. The topological polar surface area (TPSA) is 64.1 Å². The predicted octanol–water partition coefficient (Wildman–Crippen LogP) is 2.72. The van der Waals surface area contributed by atoms with Gasteiger partial charge in [0.05, 0.1) is 17.8 Å². The maximum absolute atomic E-state index is 9.98. The molecule has 0 saturated carbocycles. The quantitative estimate of drug-likeness (QED) is 0.850.